The van der Waals surface area contributed by atoms with Crippen LogP contribution in [-0.2, 0) is 19.4 Å². The lowest BCUT2D eigenvalue weighted by molar-refractivity contribution is 0.102. The van der Waals surface area contributed by atoms with E-state index in [1.165, 1.54) is 6.07 Å². The predicted octanol–water partition coefficient (Wildman–Crippen LogP) is 4.20. The van der Waals surface area contributed by atoms with Crippen molar-refractivity contribution in [3.8, 4) is 11.5 Å². The number of amides is 3. The number of aromatic nitrogens is 4. The van der Waals surface area contributed by atoms with Gasteiger partial charge >= 0.3 is 6.03 Å². The Labute approximate surface area is 214 Å². The van der Waals surface area contributed by atoms with Crippen molar-refractivity contribution >= 4 is 17.8 Å². The lowest BCUT2D eigenvalue weighted by Crippen LogP contribution is -2.47. The van der Waals surface area contributed by atoms with Gasteiger partial charge in [-0.2, -0.15) is 0 Å². The summed E-state index contributed by atoms with van der Waals surface area (Å²) in [6.45, 7) is 4.60. The molecule has 5 heterocycles. The van der Waals surface area contributed by atoms with E-state index in [4.69, 9.17) is 0 Å². The summed E-state index contributed by atoms with van der Waals surface area (Å²) in [7, 11) is 0. The summed E-state index contributed by atoms with van der Waals surface area (Å²) in [4.78, 5) is 34.4. The molecule has 37 heavy (non-hydrogen) atoms. The number of piperidine rings is 1. The van der Waals surface area contributed by atoms with E-state index in [9.17, 15) is 14.0 Å². The number of carbonyl (C=O) groups excluding carboxylic acids is 2. The normalized spacial score (nSPS) is 18.9. The van der Waals surface area contributed by atoms with Crippen LogP contribution < -0.4 is 5.32 Å². The number of urea groups is 1. The number of fused-ring (bicyclic) bond motifs is 2. The second-order valence-corrected chi connectivity index (χ2v) is 10.2. The van der Waals surface area contributed by atoms with Gasteiger partial charge in [0.2, 0.25) is 0 Å². The Bertz CT molecular complexity index is 1360. The molecule has 1 N–H and O–H groups in total. The van der Waals surface area contributed by atoms with Gasteiger partial charge in [0.25, 0.3) is 5.91 Å². The minimum Gasteiger partial charge on any atom is -0.325 e. The topological polar surface area (TPSA) is 96.2 Å². The summed E-state index contributed by atoms with van der Waals surface area (Å²) in [6.07, 6.45) is 5.66. The van der Waals surface area contributed by atoms with Crippen LogP contribution in [-0.4, -0.2) is 61.1 Å². The van der Waals surface area contributed by atoms with Crippen LogP contribution in [0.15, 0.2) is 30.3 Å². The number of benzene rings is 1. The number of halogens is 1. The molecular formula is C27H30FN7O2. The number of nitrogens with one attached hydrogen (secondary N) is 1. The molecule has 0 unspecified atom stereocenters. The van der Waals surface area contributed by atoms with Gasteiger partial charge in [-0.05, 0) is 74.4 Å². The van der Waals surface area contributed by atoms with E-state index < -0.39 is 11.7 Å². The van der Waals surface area contributed by atoms with Crippen molar-refractivity contribution in [2.45, 2.75) is 58.0 Å². The van der Waals surface area contributed by atoms with E-state index in [2.05, 4.69) is 32.0 Å². The summed E-state index contributed by atoms with van der Waals surface area (Å²) in [5, 5.41) is 11.3. The maximum Gasteiger partial charge on any atom is 0.320 e. The molecule has 1 fully saturated rings. The molecule has 2 aromatic heterocycles. The second kappa shape index (κ2) is 9.57. The molecule has 6 rings (SSSR count). The zero-order valence-electron chi connectivity index (χ0n) is 20.9. The highest BCUT2D eigenvalue weighted by Gasteiger charge is 2.28. The maximum absolute atomic E-state index is 15.0. The number of rotatable bonds is 3. The number of hydrogen-bond acceptors (Lipinski definition) is 5. The molecule has 0 radical (unpaired) electrons. The molecule has 0 bridgehead atoms. The third kappa shape index (κ3) is 4.45. The van der Waals surface area contributed by atoms with Gasteiger partial charge in [-0.3, -0.25) is 4.79 Å². The fourth-order valence-electron chi connectivity index (χ4n) is 5.61. The first-order valence-electron chi connectivity index (χ1n) is 13.1. The molecule has 3 aromatic rings. The monoisotopic (exact) mass is 503 g/mol. The molecule has 3 aliphatic heterocycles. The Morgan fingerprint density at radius 1 is 1.00 bits per heavy atom. The van der Waals surface area contributed by atoms with E-state index in [1.54, 1.807) is 23.1 Å². The first-order valence-corrected chi connectivity index (χ1v) is 13.1. The lowest BCUT2D eigenvalue weighted by Gasteiger charge is -2.35. The highest BCUT2D eigenvalue weighted by atomic mass is 19.1. The molecule has 1 aromatic carbocycles. The Hall–Kier alpha value is -3.82. The van der Waals surface area contributed by atoms with Crippen LogP contribution in [0.1, 0.15) is 66.0 Å². The first kappa shape index (κ1) is 23.6. The number of nitrogens with zero attached hydrogens (tertiary/aromatic N) is 6. The number of carbonyl (C=O) groups is 2. The number of aryl methyl sites for hydroxylation is 1. The fraction of sp³-hybridized carbons (Fsp3) is 0.444. The molecule has 3 aliphatic rings. The van der Waals surface area contributed by atoms with Gasteiger partial charge in [0.15, 0.2) is 5.82 Å². The molecule has 10 heteroatoms. The Kier molecular flexibility index (Phi) is 6.10. The number of pyridine rings is 1. The van der Waals surface area contributed by atoms with Crippen LogP contribution in [0.3, 0.4) is 0 Å². The molecular weight excluding hydrogens is 473 g/mol. The van der Waals surface area contributed by atoms with Gasteiger partial charge < -0.3 is 19.7 Å². The van der Waals surface area contributed by atoms with Crippen LogP contribution in [0, 0.1) is 5.82 Å². The minimum absolute atomic E-state index is 0.0241. The van der Waals surface area contributed by atoms with Gasteiger partial charge in [0.1, 0.15) is 23.2 Å². The number of anilines is 1. The maximum atomic E-state index is 15.0. The highest BCUT2D eigenvalue weighted by molar-refractivity contribution is 6.04. The molecule has 3 amide bonds. The van der Waals surface area contributed by atoms with E-state index in [0.29, 0.717) is 36.8 Å². The van der Waals surface area contributed by atoms with E-state index in [1.807, 2.05) is 11.0 Å². The molecule has 1 atom stereocenters. The van der Waals surface area contributed by atoms with Crippen LogP contribution in [0.5, 0.6) is 0 Å². The fourth-order valence-corrected chi connectivity index (χ4v) is 5.61. The van der Waals surface area contributed by atoms with Crippen molar-refractivity contribution in [1.29, 1.82) is 0 Å². The standard InChI is InChI=1S/C27H30FN7O2/c1-17-8-9-24-31-32-25(35(17)24)22-6-5-7-23(29-22)30-26(36)20-14-19-16-34(13-10-18(19)15-21(20)28)27(37)33-11-3-2-4-12-33/h5-7,14-15,17H,2-4,8-13,16H2,1H3,(H,29,30,36)/t17-/m1/s1. The van der Waals surface area contributed by atoms with E-state index in [-0.39, 0.29) is 17.6 Å². The second-order valence-electron chi connectivity index (χ2n) is 10.2. The van der Waals surface area contributed by atoms with Gasteiger partial charge in [-0.25, -0.2) is 14.2 Å². The molecule has 9 nitrogen and oxygen atoms in total. The van der Waals surface area contributed by atoms with Crippen LogP contribution in [0.2, 0.25) is 0 Å². The third-order valence-corrected chi connectivity index (χ3v) is 7.66. The Morgan fingerprint density at radius 3 is 2.68 bits per heavy atom. The van der Waals surface area contributed by atoms with Crippen molar-refractivity contribution in [1.82, 2.24) is 29.5 Å². The summed E-state index contributed by atoms with van der Waals surface area (Å²) >= 11 is 0. The quantitative estimate of drug-likeness (QED) is 0.578. The Balaban J connectivity index is 1.20. The van der Waals surface area contributed by atoms with E-state index in [0.717, 1.165) is 62.1 Å². The summed E-state index contributed by atoms with van der Waals surface area (Å²) in [6, 6.07) is 8.59. The van der Waals surface area contributed by atoms with Gasteiger partial charge in [-0.1, -0.05) is 6.07 Å². The molecule has 1 saturated heterocycles. The zero-order valence-corrected chi connectivity index (χ0v) is 20.9. The van der Waals surface area contributed by atoms with Gasteiger partial charge in [0.05, 0.1) is 5.56 Å². The van der Waals surface area contributed by atoms with Crippen LogP contribution >= 0.6 is 0 Å². The van der Waals surface area contributed by atoms with Gasteiger partial charge in [0, 0.05) is 38.6 Å². The summed E-state index contributed by atoms with van der Waals surface area (Å²) in [5.41, 5.74) is 2.18. The summed E-state index contributed by atoms with van der Waals surface area (Å²) in [5.74, 6) is 0.748. The third-order valence-electron chi connectivity index (χ3n) is 7.66. The number of likely N-dealkylation sites (tertiary alicyclic amines) is 1. The SMILES string of the molecule is C[C@@H]1CCc2nnc(-c3cccc(NC(=O)c4cc5c(cc4F)CCN(C(=O)N4CCCCC4)C5)n3)n21. The summed E-state index contributed by atoms with van der Waals surface area (Å²) < 4.78 is 17.1. The lowest BCUT2D eigenvalue weighted by atomic mass is 9.96. The molecule has 192 valence electrons. The molecule has 0 spiro atoms. The largest absolute Gasteiger partial charge is 0.325 e. The van der Waals surface area contributed by atoms with Crippen molar-refractivity contribution in [2.24, 2.45) is 0 Å². The zero-order chi connectivity index (χ0) is 25.5. The first-order chi connectivity index (χ1) is 18.0. The average Bonchev–Trinajstić information content (AvgIpc) is 3.51. The average molecular weight is 504 g/mol. The van der Waals surface area contributed by atoms with Crippen molar-refractivity contribution in [2.75, 3.05) is 25.0 Å². The molecule has 0 aliphatic carbocycles. The van der Waals surface area contributed by atoms with Crippen LogP contribution in [0.4, 0.5) is 15.0 Å². The minimum atomic E-state index is -0.579. The van der Waals surface area contributed by atoms with Crippen LogP contribution in [0.25, 0.3) is 11.5 Å². The van der Waals surface area contributed by atoms with E-state index >= 15 is 0 Å². The highest BCUT2D eigenvalue weighted by Crippen LogP contribution is 2.30. The predicted molar refractivity (Wildman–Crippen MR) is 136 cm³/mol. The Morgan fingerprint density at radius 2 is 1.84 bits per heavy atom. The smallest absolute Gasteiger partial charge is 0.320 e. The number of hydrogen-bond donors (Lipinski definition) is 1. The van der Waals surface area contributed by atoms with Crippen molar-refractivity contribution < 1.29 is 14.0 Å². The molecule has 0 saturated carbocycles. The van der Waals surface area contributed by atoms with Gasteiger partial charge in [-0.15, -0.1) is 10.2 Å². The van der Waals surface area contributed by atoms with Crippen molar-refractivity contribution in [3.63, 3.8) is 0 Å². The van der Waals surface area contributed by atoms with Crippen molar-refractivity contribution in [3.05, 3.63) is 58.7 Å².